The number of hydrogen-bond donors (Lipinski definition) is 3. The molecule has 3 N–H and O–H groups in total. The molecule has 0 aliphatic carbocycles. The Bertz CT molecular complexity index is 404. The quantitative estimate of drug-likeness (QED) is 0.349. The van der Waals surface area contributed by atoms with Gasteiger partial charge < -0.3 is 5.32 Å². The molecule has 0 saturated carbocycles. The van der Waals surface area contributed by atoms with Crippen LogP contribution in [0.2, 0.25) is 0 Å². The summed E-state index contributed by atoms with van der Waals surface area (Å²) in [4.78, 5) is 10.8. The number of benzene rings is 1. The van der Waals surface area contributed by atoms with E-state index in [2.05, 4.69) is 24.0 Å². The van der Waals surface area contributed by atoms with Gasteiger partial charge in [0.25, 0.3) is 0 Å². The normalized spacial score (nSPS) is 10.1. The molecule has 0 saturated heterocycles. The first-order valence-corrected chi connectivity index (χ1v) is 7.11. The lowest BCUT2D eigenvalue weighted by Gasteiger charge is -2.09. The fourth-order valence-electron chi connectivity index (χ4n) is 1.94. The van der Waals surface area contributed by atoms with Gasteiger partial charge in [0, 0.05) is 18.7 Å². The van der Waals surface area contributed by atoms with Crippen molar-refractivity contribution in [1.82, 2.24) is 10.8 Å². The summed E-state index contributed by atoms with van der Waals surface area (Å²) in [6, 6.07) is 10.2. The number of carbonyl (C=O) groups excluding carboxylic acids is 1. The van der Waals surface area contributed by atoms with Crippen LogP contribution in [0.15, 0.2) is 42.6 Å². The fraction of sp³-hybridized carbons (Fsp3) is 0.438. The van der Waals surface area contributed by atoms with Crippen molar-refractivity contribution in [2.75, 3.05) is 0 Å². The highest BCUT2D eigenvalue weighted by molar-refractivity contribution is 5.74. The highest BCUT2D eigenvalue weighted by atomic mass is 16.5. The lowest BCUT2D eigenvalue weighted by molar-refractivity contribution is -0.129. The number of hydroxylamine groups is 1. The molecule has 20 heavy (non-hydrogen) atoms. The van der Waals surface area contributed by atoms with Gasteiger partial charge in [-0.1, -0.05) is 49.8 Å². The fourth-order valence-corrected chi connectivity index (χ4v) is 1.94. The maximum Gasteiger partial charge on any atom is 0.243 e. The highest BCUT2D eigenvalue weighted by Crippen LogP contribution is 2.09. The van der Waals surface area contributed by atoms with E-state index >= 15 is 0 Å². The summed E-state index contributed by atoms with van der Waals surface area (Å²) in [6.07, 6.45) is 5.31. The predicted molar refractivity (Wildman–Crippen MR) is 80.1 cm³/mol. The van der Waals surface area contributed by atoms with Gasteiger partial charge in [-0.2, -0.15) is 0 Å². The number of amides is 1. The van der Waals surface area contributed by atoms with Gasteiger partial charge in [0.15, 0.2) is 0 Å². The van der Waals surface area contributed by atoms with Crippen LogP contribution in [-0.4, -0.2) is 11.1 Å². The second-order valence-corrected chi connectivity index (χ2v) is 4.89. The molecule has 1 amide bonds. The zero-order valence-electron chi connectivity index (χ0n) is 11.9. The van der Waals surface area contributed by atoms with E-state index in [0.29, 0.717) is 6.42 Å². The smallest absolute Gasteiger partial charge is 0.243 e. The molecule has 0 aliphatic heterocycles. The monoisotopic (exact) mass is 276 g/mol. The summed E-state index contributed by atoms with van der Waals surface area (Å²) >= 11 is 0. The topological polar surface area (TPSA) is 61.4 Å². The van der Waals surface area contributed by atoms with Gasteiger partial charge in [0.1, 0.15) is 0 Å². The van der Waals surface area contributed by atoms with Crippen molar-refractivity contribution in [3.63, 3.8) is 0 Å². The molecule has 1 rings (SSSR count). The van der Waals surface area contributed by atoms with Gasteiger partial charge in [0.2, 0.25) is 5.91 Å². The molecular formula is C16H24N2O2. The summed E-state index contributed by atoms with van der Waals surface area (Å²) in [5.41, 5.74) is 3.95. The second-order valence-electron chi connectivity index (χ2n) is 4.89. The number of unbranched alkanes of at least 4 members (excludes halogenated alkanes) is 3. The molecule has 0 aliphatic rings. The first-order chi connectivity index (χ1) is 9.72. The Balaban J connectivity index is 1.99. The molecule has 0 unspecified atom stereocenters. The molecule has 0 bridgehead atoms. The molecule has 1 aromatic rings. The van der Waals surface area contributed by atoms with Crippen molar-refractivity contribution < 1.29 is 10.0 Å². The molecule has 0 radical (unpaired) electrons. The second kappa shape index (κ2) is 10.0. The van der Waals surface area contributed by atoms with Crippen LogP contribution in [0, 0.1) is 0 Å². The van der Waals surface area contributed by atoms with E-state index in [1.165, 1.54) is 5.56 Å². The molecule has 0 aromatic heterocycles. The highest BCUT2D eigenvalue weighted by Gasteiger charge is 1.99. The van der Waals surface area contributed by atoms with Gasteiger partial charge >= 0.3 is 0 Å². The minimum atomic E-state index is -0.307. The van der Waals surface area contributed by atoms with E-state index in [9.17, 15) is 4.79 Å². The van der Waals surface area contributed by atoms with Gasteiger partial charge in [-0.15, -0.1) is 0 Å². The van der Waals surface area contributed by atoms with Crippen LogP contribution in [0.4, 0.5) is 0 Å². The predicted octanol–water partition coefficient (Wildman–Crippen LogP) is 3.14. The van der Waals surface area contributed by atoms with Crippen molar-refractivity contribution in [3.05, 3.63) is 48.2 Å². The Labute approximate surface area is 120 Å². The van der Waals surface area contributed by atoms with E-state index in [1.54, 1.807) is 5.48 Å². The zero-order valence-corrected chi connectivity index (χ0v) is 11.9. The minimum absolute atomic E-state index is 0.307. The number of hydrogen-bond acceptors (Lipinski definition) is 3. The van der Waals surface area contributed by atoms with Crippen molar-refractivity contribution >= 4 is 5.91 Å². The molecule has 4 heteroatoms. The minimum Gasteiger partial charge on any atom is -0.385 e. The summed E-state index contributed by atoms with van der Waals surface area (Å²) in [5.74, 6) is -0.307. The van der Waals surface area contributed by atoms with Gasteiger partial charge in [-0.3, -0.25) is 10.0 Å². The Kier molecular flexibility index (Phi) is 8.15. The van der Waals surface area contributed by atoms with E-state index in [4.69, 9.17) is 5.21 Å². The first-order valence-electron chi connectivity index (χ1n) is 7.11. The molecular weight excluding hydrogens is 252 g/mol. The standard InChI is InChI=1S/C16H24N2O2/c1-14(17-13-15-10-6-4-7-11-15)9-5-2-3-8-12-16(19)18-20/h4,6-7,10-11,17,20H,1-3,5,8-9,12-13H2,(H,18,19). The van der Waals surface area contributed by atoms with Crippen molar-refractivity contribution in [3.8, 4) is 0 Å². The zero-order chi connectivity index (χ0) is 14.6. The van der Waals surface area contributed by atoms with Crippen molar-refractivity contribution in [1.29, 1.82) is 0 Å². The van der Waals surface area contributed by atoms with Crippen LogP contribution in [0.5, 0.6) is 0 Å². The molecule has 1 aromatic carbocycles. The molecule has 0 fully saturated rings. The van der Waals surface area contributed by atoms with Crippen LogP contribution in [0.3, 0.4) is 0 Å². The molecule has 4 nitrogen and oxygen atoms in total. The third kappa shape index (κ3) is 7.59. The lowest BCUT2D eigenvalue weighted by atomic mass is 10.1. The summed E-state index contributed by atoms with van der Waals surface area (Å²) < 4.78 is 0. The van der Waals surface area contributed by atoms with Crippen LogP contribution in [0.25, 0.3) is 0 Å². The number of carbonyl (C=O) groups is 1. The van der Waals surface area contributed by atoms with Crippen LogP contribution in [-0.2, 0) is 11.3 Å². The lowest BCUT2D eigenvalue weighted by Crippen LogP contribution is -2.17. The van der Waals surface area contributed by atoms with E-state index in [-0.39, 0.29) is 5.91 Å². The summed E-state index contributed by atoms with van der Waals surface area (Å²) in [7, 11) is 0. The van der Waals surface area contributed by atoms with E-state index < -0.39 is 0 Å². The Morgan fingerprint density at radius 2 is 1.70 bits per heavy atom. The number of nitrogens with one attached hydrogen (secondary N) is 2. The number of allylic oxidation sites excluding steroid dienone is 1. The molecule has 0 atom stereocenters. The number of rotatable bonds is 10. The SMILES string of the molecule is C=C(CCCCCCC(=O)NO)NCc1ccccc1. The van der Waals surface area contributed by atoms with Crippen LogP contribution >= 0.6 is 0 Å². The molecule has 0 heterocycles. The van der Waals surface area contributed by atoms with E-state index in [0.717, 1.165) is 44.3 Å². The Hall–Kier alpha value is -1.81. The third-order valence-electron chi connectivity index (χ3n) is 3.14. The van der Waals surface area contributed by atoms with Crippen molar-refractivity contribution in [2.24, 2.45) is 0 Å². The van der Waals surface area contributed by atoms with Gasteiger partial charge in [-0.25, -0.2) is 5.48 Å². The summed E-state index contributed by atoms with van der Waals surface area (Å²) in [5, 5.41) is 11.7. The van der Waals surface area contributed by atoms with Gasteiger partial charge in [-0.05, 0) is 24.8 Å². The first kappa shape index (κ1) is 16.2. The maximum atomic E-state index is 10.8. The van der Waals surface area contributed by atoms with Crippen LogP contribution in [0.1, 0.15) is 44.1 Å². The molecule has 0 spiro atoms. The maximum absolute atomic E-state index is 10.8. The van der Waals surface area contributed by atoms with Crippen LogP contribution < -0.4 is 10.8 Å². The van der Waals surface area contributed by atoms with Crippen molar-refractivity contribution in [2.45, 2.75) is 45.1 Å². The molecule has 110 valence electrons. The average Bonchev–Trinajstić information content (AvgIpc) is 2.49. The Morgan fingerprint density at radius 3 is 2.35 bits per heavy atom. The Morgan fingerprint density at radius 1 is 1.05 bits per heavy atom. The summed E-state index contributed by atoms with van der Waals surface area (Å²) in [6.45, 7) is 4.84. The van der Waals surface area contributed by atoms with E-state index in [1.807, 2.05) is 18.2 Å². The third-order valence-corrected chi connectivity index (χ3v) is 3.14. The van der Waals surface area contributed by atoms with Gasteiger partial charge in [0.05, 0.1) is 0 Å². The largest absolute Gasteiger partial charge is 0.385 e. The average molecular weight is 276 g/mol.